The molecule has 0 amide bonds. The smallest absolute Gasteiger partial charge is 0.0474 e. The Morgan fingerprint density at radius 1 is 1.41 bits per heavy atom. The van der Waals surface area contributed by atoms with Crippen LogP contribution >= 0.6 is 11.8 Å². The third kappa shape index (κ3) is 2.77. The van der Waals surface area contributed by atoms with E-state index in [1.54, 1.807) is 0 Å². The Labute approximate surface area is 106 Å². The van der Waals surface area contributed by atoms with Gasteiger partial charge in [0.2, 0.25) is 0 Å². The Hall–Kier alpha value is -1.10. The first-order chi connectivity index (χ1) is 8.36. The van der Waals surface area contributed by atoms with Crippen molar-refractivity contribution in [2.75, 3.05) is 12.0 Å². The molecule has 1 aromatic carbocycles. The van der Waals surface area contributed by atoms with E-state index in [2.05, 4.69) is 34.9 Å². The second kappa shape index (κ2) is 6.00. The Kier molecular flexibility index (Phi) is 4.36. The van der Waals surface area contributed by atoms with Crippen molar-refractivity contribution in [2.24, 2.45) is 5.84 Å². The zero-order valence-electron chi connectivity index (χ0n) is 9.89. The maximum Gasteiger partial charge on any atom is 0.0474 e. The molecule has 1 aromatic heterocycles. The fourth-order valence-electron chi connectivity index (χ4n) is 2.02. The molecule has 0 spiro atoms. The lowest BCUT2D eigenvalue weighted by atomic mass is 9.99. The van der Waals surface area contributed by atoms with E-state index in [-0.39, 0.29) is 6.04 Å². The molecule has 0 bridgehead atoms. The lowest BCUT2D eigenvalue weighted by Gasteiger charge is -2.17. The van der Waals surface area contributed by atoms with E-state index in [0.717, 1.165) is 17.6 Å². The predicted octanol–water partition coefficient (Wildman–Crippen LogP) is 2.49. The molecule has 0 radical (unpaired) electrons. The summed E-state index contributed by atoms with van der Waals surface area (Å²) in [6.45, 7) is 0. The molecule has 17 heavy (non-hydrogen) atoms. The number of benzene rings is 1. The molecule has 4 heteroatoms. The number of thioether (sulfide) groups is 1. The van der Waals surface area contributed by atoms with Gasteiger partial charge < -0.3 is 0 Å². The van der Waals surface area contributed by atoms with Crippen LogP contribution < -0.4 is 11.3 Å². The fraction of sp³-hybridized carbons (Fsp3) is 0.308. The molecule has 0 aliphatic rings. The van der Waals surface area contributed by atoms with Crippen LogP contribution in [0.1, 0.15) is 18.0 Å². The number of hydrazine groups is 1. The third-order valence-corrected chi connectivity index (χ3v) is 3.55. The van der Waals surface area contributed by atoms with Crippen molar-refractivity contribution in [2.45, 2.75) is 12.5 Å². The van der Waals surface area contributed by atoms with Crippen molar-refractivity contribution >= 4 is 22.5 Å². The van der Waals surface area contributed by atoms with Crippen molar-refractivity contribution in [3.05, 3.63) is 42.2 Å². The number of aromatic nitrogens is 1. The number of pyridine rings is 1. The van der Waals surface area contributed by atoms with Gasteiger partial charge in [0.25, 0.3) is 0 Å². The van der Waals surface area contributed by atoms with E-state index in [0.29, 0.717) is 0 Å². The Morgan fingerprint density at radius 2 is 2.29 bits per heavy atom. The average molecular weight is 247 g/mol. The maximum absolute atomic E-state index is 5.66. The number of nitrogens with zero attached hydrogens (tertiary/aromatic N) is 1. The number of nitrogens with two attached hydrogens (primary N) is 1. The minimum Gasteiger partial charge on any atom is -0.271 e. The first kappa shape index (κ1) is 12.4. The van der Waals surface area contributed by atoms with Crippen molar-refractivity contribution in [3.8, 4) is 0 Å². The summed E-state index contributed by atoms with van der Waals surface area (Å²) in [5.41, 5.74) is 4.16. The summed E-state index contributed by atoms with van der Waals surface area (Å²) in [5.74, 6) is 6.76. The molecule has 0 aliphatic heterocycles. The monoisotopic (exact) mass is 247 g/mol. The lowest BCUT2D eigenvalue weighted by molar-refractivity contribution is 0.546. The fourth-order valence-corrected chi connectivity index (χ4v) is 2.49. The molecular weight excluding hydrogens is 230 g/mol. The molecule has 1 unspecified atom stereocenters. The molecule has 0 saturated heterocycles. The van der Waals surface area contributed by atoms with Gasteiger partial charge in [-0.15, -0.1) is 0 Å². The topological polar surface area (TPSA) is 50.9 Å². The van der Waals surface area contributed by atoms with Gasteiger partial charge in [-0.05, 0) is 35.4 Å². The standard InChI is InChI=1S/C13H17N3S/c1-17-8-6-13(16-14)12-4-2-3-10-9-15-7-5-11(10)12/h2-5,7,9,13,16H,6,8,14H2,1H3. The van der Waals surface area contributed by atoms with Gasteiger partial charge in [-0.2, -0.15) is 11.8 Å². The number of nitrogens with one attached hydrogen (secondary N) is 1. The zero-order valence-corrected chi connectivity index (χ0v) is 10.7. The van der Waals surface area contributed by atoms with E-state index in [9.17, 15) is 0 Å². The van der Waals surface area contributed by atoms with Crippen LogP contribution in [0.15, 0.2) is 36.7 Å². The van der Waals surface area contributed by atoms with Gasteiger partial charge >= 0.3 is 0 Å². The summed E-state index contributed by atoms with van der Waals surface area (Å²) in [5, 5.41) is 2.39. The van der Waals surface area contributed by atoms with Gasteiger partial charge in [0, 0.05) is 23.8 Å². The maximum atomic E-state index is 5.66. The second-order valence-corrected chi connectivity index (χ2v) is 4.93. The summed E-state index contributed by atoms with van der Waals surface area (Å²) < 4.78 is 0. The highest BCUT2D eigenvalue weighted by Gasteiger charge is 2.11. The van der Waals surface area contributed by atoms with E-state index in [4.69, 9.17) is 5.84 Å². The molecule has 2 aromatic rings. The molecule has 3 nitrogen and oxygen atoms in total. The molecule has 1 heterocycles. The van der Waals surface area contributed by atoms with Crippen molar-refractivity contribution < 1.29 is 0 Å². The highest BCUT2D eigenvalue weighted by atomic mass is 32.2. The highest BCUT2D eigenvalue weighted by Crippen LogP contribution is 2.25. The number of hydrogen-bond acceptors (Lipinski definition) is 4. The molecule has 0 saturated carbocycles. The summed E-state index contributed by atoms with van der Waals surface area (Å²) in [7, 11) is 0. The molecule has 2 rings (SSSR count). The van der Waals surface area contributed by atoms with Crippen LogP contribution in [-0.4, -0.2) is 17.0 Å². The van der Waals surface area contributed by atoms with Crippen molar-refractivity contribution in [1.29, 1.82) is 0 Å². The van der Waals surface area contributed by atoms with Gasteiger partial charge in [0.15, 0.2) is 0 Å². The van der Waals surface area contributed by atoms with Gasteiger partial charge in [0.1, 0.15) is 0 Å². The molecule has 90 valence electrons. The van der Waals surface area contributed by atoms with Crippen LogP contribution in [0.2, 0.25) is 0 Å². The van der Waals surface area contributed by atoms with Crippen LogP contribution in [0.5, 0.6) is 0 Å². The van der Waals surface area contributed by atoms with Gasteiger partial charge in [0.05, 0.1) is 0 Å². The Balaban J connectivity index is 2.38. The van der Waals surface area contributed by atoms with Crippen molar-refractivity contribution in [3.63, 3.8) is 0 Å². The minimum absolute atomic E-state index is 0.202. The highest BCUT2D eigenvalue weighted by molar-refractivity contribution is 7.98. The summed E-state index contributed by atoms with van der Waals surface area (Å²) in [6, 6.07) is 8.52. The molecule has 0 fully saturated rings. The summed E-state index contributed by atoms with van der Waals surface area (Å²) in [6.07, 6.45) is 6.86. The SMILES string of the molecule is CSCCC(NN)c1cccc2cnccc12. The predicted molar refractivity (Wildman–Crippen MR) is 74.8 cm³/mol. The summed E-state index contributed by atoms with van der Waals surface area (Å²) >= 11 is 1.84. The molecule has 0 aliphatic carbocycles. The van der Waals surface area contributed by atoms with Crippen LogP contribution in [0, 0.1) is 0 Å². The average Bonchev–Trinajstić information content (AvgIpc) is 2.40. The Morgan fingerprint density at radius 3 is 3.06 bits per heavy atom. The van der Waals surface area contributed by atoms with Crippen LogP contribution in [0.25, 0.3) is 10.8 Å². The summed E-state index contributed by atoms with van der Waals surface area (Å²) in [4.78, 5) is 4.15. The first-order valence-electron chi connectivity index (χ1n) is 5.64. The minimum atomic E-state index is 0.202. The largest absolute Gasteiger partial charge is 0.271 e. The van der Waals surface area contributed by atoms with E-state index in [1.807, 2.05) is 30.2 Å². The molecule has 3 N–H and O–H groups in total. The molecular formula is C13H17N3S. The molecule has 1 atom stereocenters. The first-order valence-corrected chi connectivity index (χ1v) is 7.04. The second-order valence-electron chi connectivity index (χ2n) is 3.94. The number of hydrogen-bond donors (Lipinski definition) is 2. The lowest BCUT2D eigenvalue weighted by Crippen LogP contribution is -2.28. The van der Waals surface area contributed by atoms with Crippen LogP contribution in [-0.2, 0) is 0 Å². The third-order valence-electron chi connectivity index (χ3n) is 2.90. The van der Waals surface area contributed by atoms with E-state index in [1.165, 1.54) is 10.9 Å². The quantitative estimate of drug-likeness (QED) is 0.629. The number of fused-ring (bicyclic) bond motifs is 1. The van der Waals surface area contributed by atoms with Gasteiger partial charge in [-0.25, -0.2) is 0 Å². The van der Waals surface area contributed by atoms with Gasteiger partial charge in [-0.3, -0.25) is 16.3 Å². The zero-order chi connectivity index (χ0) is 12.1. The normalized spacial score (nSPS) is 12.8. The van der Waals surface area contributed by atoms with E-state index >= 15 is 0 Å². The van der Waals surface area contributed by atoms with E-state index < -0.39 is 0 Å². The van der Waals surface area contributed by atoms with Crippen LogP contribution in [0.4, 0.5) is 0 Å². The van der Waals surface area contributed by atoms with Gasteiger partial charge in [-0.1, -0.05) is 18.2 Å². The van der Waals surface area contributed by atoms with Crippen LogP contribution in [0.3, 0.4) is 0 Å². The Bertz CT molecular complexity index is 482. The van der Waals surface area contributed by atoms with Crippen molar-refractivity contribution in [1.82, 2.24) is 10.4 Å². The number of rotatable bonds is 5.